The molecule has 0 amide bonds. The van der Waals surface area contributed by atoms with E-state index in [1.807, 2.05) is 0 Å². The van der Waals surface area contributed by atoms with E-state index in [1.165, 1.54) is 25.3 Å². The third-order valence-corrected chi connectivity index (χ3v) is 1.61. The van der Waals surface area contributed by atoms with Crippen molar-refractivity contribution >= 4 is 17.3 Å². The van der Waals surface area contributed by atoms with Gasteiger partial charge in [0.2, 0.25) is 0 Å². The second-order valence-electron chi connectivity index (χ2n) is 2.42. The molecule has 0 fully saturated rings. The maximum atomic E-state index is 11.2. The maximum Gasteiger partial charge on any atom is 0.337 e. The average Bonchev–Trinajstić information content (AvgIpc) is 2.18. The number of carbonyl (C=O) groups excluding carboxylic acids is 1. The standard InChI is InChI=1S/C9H12N2O2/c1-11-8-4-3-6(5-7(8)10)9(12)13-2/h3-5,11H,10H2,1-2H3/i1D3. The Bertz CT molecular complexity index is 404. The first kappa shape index (κ1) is 5.85. The Balaban J connectivity index is 2.96. The molecule has 0 saturated carbocycles. The molecule has 0 atom stereocenters. The molecule has 0 aliphatic rings. The quantitative estimate of drug-likeness (QED) is 0.532. The molecule has 0 aliphatic heterocycles. The van der Waals surface area contributed by atoms with Crippen LogP contribution in [0.2, 0.25) is 0 Å². The molecular weight excluding hydrogens is 168 g/mol. The molecule has 0 aliphatic carbocycles. The van der Waals surface area contributed by atoms with Gasteiger partial charge in [0, 0.05) is 11.1 Å². The van der Waals surface area contributed by atoms with E-state index in [0.29, 0.717) is 0 Å². The largest absolute Gasteiger partial charge is 0.465 e. The van der Waals surface area contributed by atoms with Gasteiger partial charge in [-0.2, -0.15) is 0 Å². The number of carbonyl (C=O) groups is 1. The Morgan fingerprint density at radius 3 is 3.00 bits per heavy atom. The number of hydrogen-bond donors (Lipinski definition) is 2. The van der Waals surface area contributed by atoms with Crippen LogP contribution >= 0.6 is 0 Å². The van der Waals surface area contributed by atoms with E-state index in [4.69, 9.17) is 9.85 Å². The summed E-state index contributed by atoms with van der Waals surface area (Å²) in [4.78, 5) is 11.2. The van der Waals surface area contributed by atoms with Crippen molar-refractivity contribution in [3.63, 3.8) is 0 Å². The molecule has 70 valence electrons. The van der Waals surface area contributed by atoms with E-state index < -0.39 is 12.9 Å². The Labute approximate surface area is 80.9 Å². The summed E-state index contributed by atoms with van der Waals surface area (Å²) in [5, 5.41) is 2.26. The molecule has 0 saturated heterocycles. The fourth-order valence-corrected chi connectivity index (χ4v) is 0.921. The number of anilines is 2. The van der Waals surface area contributed by atoms with Crippen LogP contribution in [0.4, 0.5) is 11.4 Å². The monoisotopic (exact) mass is 183 g/mol. The first-order valence-corrected chi connectivity index (χ1v) is 3.59. The van der Waals surface area contributed by atoms with Crippen LogP contribution < -0.4 is 11.1 Å². The number of rotatable bonds is 2. The molecule has 13 heavy (non-hydrogen) atoms. The molecule has 0 bridgehead atoms. The predicted octanol–water partition coefficient (Wildman–Crippen LogP) is 1.10. The van der Waals surface area contributed by atoms with E-state index in [0.717, 1.165) is 0 Å². The lowest BCUT2D eigenvalue weighted by Crippen LogP contribution is -2.03. The Morgan fingerprint density at radius 2 is 2.46 bits per heavy atom. The highest BCUT2D eigenvalue weighted by atomic mass is 16.5. The van der Waals surface area contributed by atoms with Crippen molar-refractivity contribution in [2.45, 2.75) is 0 Å². The minimum absolute atomic E-state index is 0.180. The van der Waals surface area contributed by atoms with E-state index in [9.17, 15) is 4.79 Å². The average molecular weight is 183 g/mol. The van der Waals surface area contributed by atoms with Crippen molar-refractivity contribution in [2.75, 3.05) is 25.1 Å². The summed E-state index contributed by atoms with van der Waals surface area (Å²) in [5.74, 6) is -0.521. The molecule has 3 N–H and O–H groups in total. The minimum atomic E-state index is -2.32. The summed E-state index contributed by atoms with van der Waals surface area (Å²) < 4.78 is 25.6. The van der Waals surface area contributed by atoms with Gasteiger partial charge in [-0.25, -0.2) is 4.79 Å². The van der Waals surface area contributed by atoms with Crippen LogP contribution in [0, 0.1) is 0 Å². The third kappa shape index (κ3) is 1.90. The van der Waals surface area contributed by atoms with Gasteiger partial charge in [0.25, 0.3) is 0 Å². The van der Waals surface area contributed by atoms with Gasteiger partial charge >= 0.3 is 5.97 Å². The van der Waals surface area contributed by atoms with Crippen LogP contribution in [0.25, 0.3) is 0 Å². The van der Waals surface area contributed by atoms with Gasteiger partial charge in [0.15, 0.2) is 0 Å². The summed E-state index contributed by atoms with van der Waals surface area (Å²) in [7, 11) is 1.26. The number of ether oxygens (including phenoxy) is 1. The summed E-state index contributed by atoms with van der Waals surface area (Å²) in [6.45, 7) is -2.32. The van der Waals surface area contributed by atoms with Gasteiger partial charge in [-0.1, -0.05) is 0 Å². The van der Waals surface area contributed by atoms with Crippen molar-refractivity contribution < 1.29 is 13.6 Å². The molecule has 0 aromatic heterocycles. The highest BCUT2D eigenvalue weighted by Crippen LogP contribution is 2.19. The van der Waals surface area contributed by atoms with Crippen molar-refractivity contribution in [3.05, 3.63) is 23.8 Å². The predicted molar refractivity (Wildman–Crippen MR) is 51.7 cm³/mol. The molecule has 0 unspecified atom stereocenters. The van der Waals surface area contributed by atoms with Gasteiger partial charge in [-0.3, -0.25) is 0 Å². The molecule has 1 aromatic carbocycles. The van der Waals surface area contributed by atoms with Crippen molar-refractivity contribution in [2.24, 2.45) is 0 Å². The van der Waals surface area contributed by atoms with Crippen LogP contribution in [-0.2, 0) is 4.74 Å². The van der Waals surface area contributed by atoms with Crippen LogP contribution in [0.1, 0.15) is 14.5 Å². The minimum Gasteiger partial charge on any atom is -0.465 e. The summed E-state index contributed by atoms with van der Waals surface area (Å²) >= 11 is 0. The first-order valence-electron chi connectivity index (χ1n) is 5.09. The Hall–Kier alpha value is -1.71. The van der Waals surface area contributed by atoms with E-state index in [1.54, 1.807) is 0 Å². The third-order valence-electron chi connectivity index (χ3n) is 1.61. The molecule has 1 rings (SSSR count). The van der Waals surface area contributed by atoms with Gasteiger partial charge in [0.1, 0.15) is 0 Å². The van der Waals surface area contributed by atoms with Gasteiger partial charge in [0.05, 0.1) is 24.0 Å². The number of esters is 1. The van der Waals surface area contributed by atoms with E-state index >= 15 is 0 Å². The highest BCUT2D eigenvalue weighted by molar-refractivity contribution is 5.91. The number of nitrogen functional groups attached to an aromatic ring is 1. The Morgan fingerprint density at radius 1 is 1.69 bits per heavy atom. The second-order valence-corrected chi connectivity index (χ2v) is 2.42. The lowest BCUT2D eigenvalue weighted by Gasteiger charge is -2.05. The number of hydrogen-bond acceptors (Lipinski definition) is 4. The van der Waals surface area contributed by atoms with Crippen molar-refractivity contribution in [3.8, 4) is 0 Å². The van der Waals surface area contributed by atoms with Crippen LogP contribution in [-0.4, -0.2) is 20.1 Å². The molecule has 4 nitrogen and oxygen atoms in total. The fourth-order valence-electron chi connectivity index (χ4n) is 0.921. The van der Waals surface area contributed by atoms with Gasteiger partial charge < -0.3 is 15.8 Å². The van der Waals surface area contributed by atoms with E-state index in [-0.39, 0.29) is 16.9 Å². The summed E-state index contributed by atoms with van der Waals surface area (Å²) in [6, 6.07) is 4.23. The van der Waals surface area contributed by atoms with Gasteiger partial charge in [-0.15, -0.1) is 0 Å². The molecule has 0 radical (unpaired) electrons. The lowest BCUT2D eigenvalue weighted by molar-refractivity contribution is 0.0601. The SMILES string of the molecule is [2H]C([2H])([2H])Nc1ccc(C(=O)OC)cc1N. The molecule has 4 heteroatoms. The summed E-state index contributed by atoms with van der Waals surface area (Å²) in [5.41, 5.74) is 6.31. The van der Waals surface area contributed by atoms with Crippen LogP contribution in [0.15, 0.2) is 18.2 Å². The second kappa shape index (κ2) is 3.80. The number of benzene rings is 1. The molecular formula is C9H12N2O2. The first-order chi connectivity index (χ1) is 7.33. The van der Waals surface area contributed by atoms with Gasteiger partial charge in [-0.05, 0) is 18.2 Å². The summed E-state index contributed by atoms with van der Waals surface area (Å²) in [6.07, 6.45) is 0. The zero-order valence-electron chi connectivity index (χ0n) is 10.1. The zero-order chi connectivity index (χ0) is 12.3. The molecule has 0 spiro atoms. The van der Waals surface area contributed by atoms with Crippen molar-refractivity contribution in [1.82, 2.24) is 0 Å². The molecule has 0 heterocycles. The number of methoxy groups -OCH3 is 1. The smallest absolute Gasteiger partial charge is 0.337 e. The van der Waals surface area contributed by atoms with Crippen molar-refractivity contribution in [1.29, 1.82) is 0 Å². The zero-order valence-corrected chi connectivity index (χ0v) is 7.13. The maximum absolute atomic E-state index is 11.2. The normalized spacial score (nSPS) is 13.8. The van der Waals surface area contributed by atoms with Crippen LogP contribution in [0.3, 0.4) is 0 Å². The fraction of sp³-hybridized carbons (Fsp3) is 0.222. The Kier molecular flexibility index (Phi) is 1.71. The molecule has 1 aromatic rings. The topological polar surface area (TPSA) is 64.3 Å². The highest BCUT2D eigenvalue weighted by Gasteiger charge is 2.06. The van der Waals surface area contributed by atoms with E-state index in [2.05, 4.69) is 10.1 Å². The number of nitrogens with two attached hydrogens (primary N) is 1. The number of nitrogens with one attached hydrogen (secondary N) is 1. The van der Waals surface area contributed by atoms with Crippen LogP contribution in [0.5, 0.6) is 0 Å². The lowest BCUT2D eigenvalue weighted by atomic mass is 10.2.